The lowest BCUT2D eigenvalue weighted by Crippen LogP contribution is -2.65. The Bertz CT molecular complexity index is 1900. The number of nitrogens with zero attached hydrogens (tertiary/aromatic N) is 6. The minimum Gasteiger partial charge on any atom is -0.388 e. The average molecular weight is 793 g/mol. The molecule has 0 aromatic heterocycles. The Morgan fingerprint density at radius 3 is 1.48 bits per heavy atom. The zero-order chi connectivity index (χ0) is 40.4. The fourth-order valence-corrected chi connectivity index (χ4v) is 6.82. The van der Waals surface area contributed by atoms with Crippen molar-refractivity contribution in [2.24, 2.45) is 10.2 Å². The van der Waals surface area contributed by atoms with Crippen molar-refractivity contribution in [3.05, 3.63) is 177 Å². The van der Waals surface area contributed by atoms with Crippen LogP contribution in [0.5, 0.6) is 0 Å². The maximum Gasteiger partial charge on any atom is 0.169 e. The highest BCUT2D eigenvalue weighted by Crippen LogP contribution is 2.35. The lowest BCUT2D eigenvalue weighted by atomic mass is 9.94. The standard InChI is InChI=1S/C43H48N6O9/c1-2-23-53-42-37(47-49-45)41(55-27-33-21-13-6-14-22-33)39(35(57-42)29-52-25-31-17-9-4-10-18-31)58-43-36(46-48-44)40(54-26-32-19-11-5-12-20-32)38(50)34(56-43)28-51-24-30-15-7-3-8-16-30/h2-22,34-43,50H,1,23-29H2/t34-,35-,36+,37+,38-,39-,40-,41-,42+,43-/m1/s1. The molecule has 2 aliphatic heterocycles. The van der Waals surface area contributed by atoms with E-state index in [1.807, 2.05) is 121 Å². The van der Waals surface area contributed by atoms with Crippen LogP contribution >= 0.6 is 0 Å². The molecule has 0 unspecified atom stereocenters. The van der Waals surface area contributed by atoms with Gasteiger partial charge in [-0.2, -0.15) is 0 Å². The van der Waals surface area contributed by atoms with Crippen molar-refractivity contribution in [2.45, 2.75) is 87.7 Å². The molecule has 2 aliphatic rings. The van der Waals surface area contributed by atoms with Gasteiger partial charge in [-0.1, -0.05) is 138 Å². The van der Waals surface area contributed by atoms with Crippen LogP contribution in [-0.4, -0.2) is 86.2 Å². The molecule has 0 amide bonds. The first-order chi connectivity index (χ1) is 28.6. The number of hydrogen-bond acceptors (Lipinski definition) is 11. The number of aliphatic hydroxyl groups excluding tert-OH is 1. The molecular formula is C43H48N6O9. The van der Waals surface area contributed by atoms with E-state index in [4.69, 9.17) is 37.9 Å². The van der Waals surface area contributed by atoms with E-state index in [0.29, 0.717) is 0 Å². The Balaban J connectivity index is 1.34. The topological polar surface area (TPSA) is 192 Å². The van der Waals surface area contributed by atoms with E-state index in [1.54, 1.807) is 6.08 Å². The summed E-state index contributed by atoms with van der Waals surface area (Å²) in [5.41, 5.74) is 23.2. The molecule has 0 bridgehead atoms. The Kier molecular flexibility index (Phi) is 16.6. The summed E-state index contributed by atoms with van der Waals surface area (Å²) in [6.07, 6.45) is -7.22. The van der Waals surface area contributed by atoms with Crippen LogP contribution in [0.2, 0.25) is 0 Å². The predicted octanol–water partition coefficient (Wildman–Crippen LogP) is 7.35. The minimum atomic E-state index is -1.34. The number of rotatable bonds is 21. The Labute approximate surface area is 337 Å². The van der Waals surface area contributed by atoms with Crippen LogP contribution in [0.1, 0.15) is 22.3 Å². The predicted molar refractivity (Wildman–Crippen MR) is 212 cm³/mol. The van der Waals surface area contributed by atoms with Gasteiger partial charge in [0.1, 0.15) is 42.6 Å². The molecule has 58 heavy (non-hydrogen) atoms. The molecule has 6 rings (SSSR count). The average Bonchev–Trinajstić information content (AvgIpc) is 3.26. The molecule has 10 atom stereocenters. The molecule has 0 radical (unpaired) electrons. The second-order valence-electron chi connectivity index (χ2n) is 13.7. The van der Waals surface area contributed by atoms with Crippen LogP contribution in [0.15, 0.2) is 144 Å². The zero-order valence-corrected chi connectivity index (χ0v) is 32.0. The van der Waals surface area contributed by atoms with Crippen molar-refractivity contribution in [2.75, 3.05) is 19.8 Å². The Morgan fingerprint density at radius 1 is 0.569 bits per heavy atom. The molecule has 15 nitrogen and oxygen atoms in total. The van der Waals surface area contributed by atoms with Crippen molar-refractivity contribution in [1.82, 2.24) is 0 Å². The molecule has 4 aromatic rings. The monoisotopic (exact) mass is 792 g/mol. The molecular weight excluding hydrogens is 745 g/mol. The highest BCUT2D eigenvalue weighted by molar-refractivity contribution is 5.16. The van der Waals surface area contributed by atoms with Gasteiger partial charge in [-0.05, 0) is 33.3 Å². The van der Waals surface area contributed by atoms with Gasteiger partial charge in [-0.3, -0.25) is 0 Å². The van der Waals surface area contributed by atoms with Gasteiger partial charge in [-0.15, -0.1) is 6.58 Å². The smallest absolute Gasteiger partial charge is 0.169 e. The number of ether oxygens (including phenoxy) is 8. The van der Waals surface area contributed by atoms with Gasteiger partial charge < -0.3 is 43.0 Å². The van der Waals surface area contributed by atoms with E-state index in [-0.39, 0.29) is 46.2 Å². The van der Waals surface area contributed by atoms with Gasteiger partial charge in [0.15, 0.2) is 12.6 Å². The van der Waals surface area contributed by atoms with Gasteiger partial charge in [0.25, 0.3) is 0 Å². The number of azide groups is 2. The van der Waals surface area contributed by atoms with Crippen LogP contribution in [0.4, 0.5) is 0 Å². The van der Waals surface area contributed by atoms with Gasteiger partial charge in [0.2, 0.25) is 0 Å². The molecule has 0 spiro atoms. The van der Waals surface area contributed by atoms with Crippen molar-refractivity contribution in [3.8, 4) is 0 Å². The fraction of sp³-hybridized carbons (Fsp3) is 0.395. The summed E-state index contributed by atoms with van der Waals surface area (Å²) in [5, 5.41) is 19.9. The molecule has 2 heterocycles. The normalized spacial score (nSPS) is 26.8. The first-order valence-electron chi connectivity index (χ1n) is 19.1. The van der Waals surface area contributed by atoms with E-state index in [9.17, 15) is 16.2 Å². The summed E-state index contributed by atoms with van der Waals surface area (Å²) >= 11 is 0. The zero-order valence-electron chi connectivity index (χ0n) is 32.0. The Morgan fingerprint density at radius 2 is 1.00 bits per heavy atom. The summed E-state index contributed by atoms with van der Waals surface area (Å²) in [4.78, 5) is 6.24. The fourth-order valence-electron chi connectivity index (χ4n) is 6.82. The number of benzene rings is 4. The molecule has 4 aromatic carbocycles. The van der Waals surface area contributed by atoms with Gasteiger partial charge >= 0.3 is 0 Å². The SMILES string of the molecule is C=CCO[C@H]1O[C@H](COCc2ccccc2)[C@@H](O[C@H]2O[C@H](COCc3ccccc3)[C@@H](O)[C@H](OCc3ccccc3)[C@@H]2N=[N+]=[N-])[C@H](OCc2ccccc2)[C@@H]1N=[N+]=[N-]. The molecule has 0 aliphatic carbocycles. The molecule has 2 saturated heterocycles. The van der Waals surface area contributed by atoms with Crippen LogP contribution in [-0.2, 0) is 64.3 Å². The molecule has 2 fully saturated rings. The van der Waals surface area contributed by atoms with Crippen LogP contribution in [0.3, 0.4) is 0 Å². The summed E-state index contributed by atoms with van der Waals surface area (Å²) in [6.45, 7) is 4.49. The third-order valence-corrected chi connectivity index (χ3v) is 9.65. The maximum atomic E-state index is 11.8. The quantitative estimate of drug-likeness (QED) is 0.0389. The Hall–Kier alpha value is -5.12. The van der Waals surface area contributed by atoms with Crippen molar-refractivity contribution >= 4 is 0 Å². The minimum absolute atomic E-state index is 0.0131. The van der Waals surface area contributed by atoms with E-state index in [0.717, 1.165) is 22.3 Å². The summed E-state index contributed by atoms with van der Waals surface area (Å²) in [7, 11) is 0. The second kappa shape index (κ2) is 22.7. The third-order valence-electron chi connectivity index (χ3n) is 9.65. The lowest BCUT2D eigenvalue weighted by molar-refractivity contribution is -0.336. The number of aliphatic hydroxyl groups is 1. The second-order valence-corrected chi connectivity index (χ2v) is 13.7. The van der Waals surface area contributed by atoms with Crippen molar-refractivity contribution in [3.63, 3.8) is 0 Å². The van der Waals surface area contributed by atoms with Gasteiger partial charge in [0.05, 0.1) is 52.4 Å². The largest absolute Gasteiger partial charge is 0.388 e. The van der Waals surface area contributed by atoms with Gasteiger partial charge in [0, 0.05) is 9.82 Å². The first kappa shape index (κ1) is 42.5. The summed E-state index contributed by atoms with van der Waals surface area (Å²) in [6, 6.07) is 35.8. The molecule has 304 valence electrons. The highest BCUT2D eigenvalue weighted by Gasteiger charge is 2.53. The first-order valence-corrected chi connectivity index (χ1v) is 19.1. The van der Waals surface area contributed by atoms with Crippen molar-refractivity contribution in [1.29, 1.82) is 0 Å². The van der Waals surface area contributed by atoms with E-state index >= 15 is 0 Å². The molecule has 1 N–H and O–H groups in total. The molecule has 15 heteroatoms. The van der Waals surface area contributed by atoms with E-state index < -0.39 is 61.3 Å². The maximum absolute atomic E-state index is 11.8. The van der Waals surface area contributed by atoms with E-state index in [2.05, 4.69) is 26.6 Å². The lowest BCUT2D eigenvalue weighted by Gasteiger charge is -2.48. The van der Waals surface area contributed by atoms with Crippen molar-refractivity contribution < 1.29 is 43.0 Å². The van der Waals surface area contributed by atoms with E-state index in [1.165, 1.54) is 0 Å². The van der Waals surface area contributed by atoms with Gasteiger partial charge in [-0.25, -0.2) is 0 Å². The summed E-state index contributed by atoms with van der Waals surface area (Å²) in [5.74, 6) is 0. The number of hydrogen-bond donors (Lipinski definition) is 1. The molecule has 0 saturated carbocycles. The third kappa shape index (κ3) is 12.0. The van der Waals surface area contributed by atoms with Crippen LogP contribution in [0, 0.1) is 0 Å². The summed E-state index contributed by atoms with van der Waals surface area (Å²) < 4.78 is 51.0. The van der Waals surface area contributed by atoms with Crippen LogP contribution < -0.4 is 0 Å². The highest BCUT2D eigenvalue weighted by atomic mass is 16.7. The van der Waals surface area contributed by atoms with Crippen LogP contribution in [0.25, 0.3) is 20.9 Å².